The third-order valence-electron chi connectivity index (χ3n) is 4.37. The lowest BCUT2D eigenvalue weighted by atomic mass is 10.2. The quantitative estimate of drug-likeness (QED) is 0.299. The highest BCUT2D eigenvalue weighted by molar-refractivity contribution is 8.00. The van der Waals surface area contributed by atoms with Gasteiger partial charge < -0.3 is 10.6 Å². The summed E-state index contributed by atoms with van der Waals surface area (Å²) in [4.78, 5) is 30.1. The Morgan fingerprint density at radius 1 is 0.938 bits per heavy atom. The fourth-order valence-electron chi connectivity index (χ4n) is 2.87. The van der Waals surface area contributed by atoms with Crippen molar-refractivity contribution in [3.63, 3.8) is 0 Å². The fourth-order valence-corrected chi connectivity index (χ4v) is 4.55. The molecule has 4 aromatic rings. The van der Waals surface area contributed by atoms with E-state index in [0.717, 1.165) is 16.2 Å². The van der Waals surface area contributed by atoms with Gasteiger partial charge in [0.25, 0.3) is 5.91 Å². The molecule has 4 rings (SSSR count). The third kappa shape index (κ3) is 5.97. The average Bonchev–Trinajstić information content (AvgIpc) is 3.27. The number of thiazole rings is 1. The number of amides is 2. The van der Waals surface area contributed by atoms with Crippen molar-refractivity contribution in [2.45, 2.75) is 4.90 Å². The van der Waals surface area contributed by atoms with Crippen LogP contribution in [0.1, 0.15) is 10.4 Å². The van der Waals surface area contributed by atoms with Crippen molar-refractivity contribution in [1.82, 2.24) is 4.98 Å². The predicted octanol–water partition coefficient (Wildman–Crippen LogP) is 6.45. The van der Waals surface area contributed by atoms with E-state index in [2.05, 4.69) is 15.6 Å². The van der Waals surface area contributed by atoms with Crippen molar-refractivity contribution < 1.29 is 9.59 Å². The Balaban J connectivity index is 1.32. The van der Waals surface area contributed by atoms with Crippen molar-refractivity contribution in [2.75, 3.05) is 16.4 Å². The van der Waals surface area contributed by atoms with E-state index in [-0.39, 0.29) is 17.6 Å². The Hall–Kier alpha value is -3.13. The number of rotatable bonds is 7. The van der Waals surface area contributed by atoms with Crippen LogP contribution in [-0.2, 0) is 4.79 Å². The van der Waals surface area contributed by atoms with E-state index in [1.807, 2.05) is 53.9 Å². The van der Waals surface area contributed by atoms with Gasteiger partial charge >= 0.3 is 0 Å². The summed E-state index contributed by atoms with van der Waals surface area (Å²) in [5.74, 6) is -0.158. The highest BCUT2D eigenvalue weighted by Crippen LogP contribution is 2.26. The van der Waals surface area contributed by atoms with Gasteiger partial charge in [-0.2, -0.15) is 0 Å². The van der Waals surface area contributed by atoms with Crippen LogP contribution in [0.3, 0.4) is 0 Å². The second-order valence-electron chi connectivity index (χ2n) is 6.73. The van der Waals surface area contributed by atoms with Crippen LogP contribution < -0.4 is 10.6 Å². The van der Waals surface area contributed by atoms with Crippen LogP contribution in [0.2, 0.25) is 5.02 Å². The minimum atomic E-state index is -0.245. The third-order valence-corrected chi connectivity index (χ3v) is 6.36. The Bertz CT molecular complexity index is 1240. The molecule has 1 heterocycles. The Kier molecular flexibility index (Phi) is 7.21. The van der Waals surface area contributed by atoms with Crippen molar-refractivity contribution in [3.05, 3.63) is 94.8 Å². The smallest absolute Gasteiger partial charge is 0.255 e. The van der Waals surface area contributed by atoms with Crippen LogP contribution in [0.25, 0.3) is 11.3 Å². The topological polar surface area (TPSA) is 71.1 Å². The van der Waals surface area contributed by atoms with Crippen molar-refractivity contribution in [1.29, 1.82) is 0 Å². The molecule has 2 amide bonds. The van der Waals surface area contributed by atoms with Crippen molar-refractivity contribution in [2.24, 2.45) is 0 Å². The highest BCUT2D eigenvalue weighted by Gasteiger charge is 2.10. The molecule has 0 saturated carbocycles. The molecule has 0 saturated heterocycles. The summed E-state index contributed by atoms with van der Waals surface area (Å²) in [6.45, 7) is 0. The number of aromatic nitrogens is 1. The summed E-state index contributed by atoms with van der Waals surface area (Å²) >= 11 is 8.73. The molecule has 160 valence electrons. The first-order chi connectivity index (χ1) is 15.6. The van der Waals surface area contributed by atoms with Crippen LogP contribution in [0.4, 0.5) is 10.8 Å². The SMILES string of the molecule is O=C(CSc1cccc(NC(=O)c2cccc(Cl)c2)c1)Nc1nc(-c2ccccc2)cs1. The van der Waals surface area contributed by atoms with E-state index in [0.29, 0.717) is 21.4 Å². The number of carbonyl (C=O) groups excluding carboxylic acids is 2. The van der Waals surface area contributed by atoms with Gasteiger partial charge in [-0.05, 0) is 36.4 Å². The van der Waals surface area contributed by atoms with Gasteiger partial charge in [0, 0.05) is 32.1 Å². The van der Waals surface area contributed by atoms with E-state index < -0.39 is 0 Å². The van der Waals surface area contributed by atoms with E-state index in [1.54, 1.807) is 30.3 Å². The summed E-state index contributed by atoms with van der Waals surface area (Å²) in [5, 5.41) is 8.68. The summed E-state index contributed by atoms with van der Waals surface area (Å²) in [5.41, 5.74) is 2.97. The number of halogens is 1. The standard InChI is InChI=1S/C24H18ClN3O2S2/c25-18-9-4-8-17(12-18)23(30)26-19-10-5-11-20(13-19)31-15-22(29)28-24-27-21(14-32-24)16-6-2-1-3-7-16/h1-14H,15H2,(H,26,30)(H,27,28,29). The van der Waals surface area contributed by atoms with E-state index in [9.17, 15) is 9.59 Å². The maximum absolute atomic E-state index is 12.4. The maximum Gasteiger partial charge on any atom is 0.255 e. The zero-order valence-corrected chi connectivity index (χ0v) is 19.1. The summed E-state index contributed by atoms with van der Waals surface area (Å²) in [6, 6.07) is 23.9. The summed E-state index contributed by atoms with van der Waals surface area (Å²) in [6.07, 6.45) is 0. The minimum absolute atomic E-state index is 0.141. The molecular formula is C24H18ClN3O2S2. The molecule has 0 bridgehead atoms. The molecule has 0 atom stereocenters. The van der Waals surface area contributed by atoms with Gasteiger partial charge in [-0.15, -0.1) is 23.1 Å². The molecule has 0 fully saturated rings. The lowest BCUT2D eigenvalue weighted by molar-refractivity contribution is -0.113. The molecule has 0 unspecified atom stereocenters. The van der Waals surface area contributed by atoms with Crippen LogP contribution >= 0.6 is 34.7 Å². The summed E-state index contributed by atoms with van der Waals surface area (Å²) < 4.78 is 0. The normalized spacial score (nSPS) is 10.5. The second-order valence-corrected chi connectivity index (χ2v) is 9.08. The number of nitrogens with one attached hydrogen (secondary N) is 2. The van der Waals surface area contributed by atoms with Crippen molar-refractivity contribution >= 4 is 57.3 Å². The molecule has 0 radical (unpaired) electrons. The largest absolute Gasteiger partial charge is 0.322 e. The van der Waals surface area contributed by atoms with Gasteiger partial charge in [0.1, 0.15) is 0 Å². The molecule has 0 spiro atoms. The number of hydrogen-bond acceptors (Lipinski definition) is 5. The summed E-state index contributed by atoms with van der Waals surface area (Å²) in [7, 11) is 0. The first-order valence-corrected chi connectivity index (χ1v) is 11.9. The first-order valence-electron chi connectivity index (χ1n) is 9.67. The number of nitrogens with zero attached hydrogens (tertiary/aromatic N) is 1. The molecule has 0 aliphatic rings. The number of carbonyl (C=O) groups is 2. The molecule has 32 heavy (non-hydrogen) atoms. The van der Waals surface area contributed by atoms with Gasteiger partial charge in [0.05, 0.1) is 11.4 Å². The van der Waals surface area contributed by atoms with Crippen LogP contribution in [0, 0.1) is 0 Å². The highest BCUT2D eigenvalue weighted by atomic mass is 35.5. The van der Waals surface area contributed by atoms with Gasteiger partial charge in [-0.3, -0.25) is 9.59 Å². The lowest BCUT2D eigenvalue weighted by Gasteiger charge is -2.08. The zero-order chi connectivity index (χ0) is 22.3. The molecule has 0 aliphatic heterocycles. The maximum atomic E-state index is 12.4. The molecule has 5 nitrogen and oxygen atoms in total. The second kappa shape index (κ2) is 10.5. The predicted molar refractivity (Wildman–Crippen MR) is 133 cm³/mol. The number of anilines is 2. The molecule has 2 N–H and O–H groups in total. The van der Waals surface area contributed by atoms with Gasteiger partial charge in [-0.25, -0.2) is 4.98 Å². The lowest BCUT2D eigenvalue weighted by Crippen LogP contribution is -2.14. The Morgan fingerprint density at radius 3 is 2.56 bits per heavy atom. The molecule has 0 aliphatic carbocycles. The molecular weight excluding hydrogens is 462 g/mol. The molecule has 3 aromatic carbocycles. The monoisotopic (exact) mass is 479 g/mol. The Labute approximate surface area is 198 Å². The zero-order valence-electron chi connectivity index (χ0n) is 16.7. The van der Waals surface area contributed by atoms with Gasteiger partial charge in [0.15, 0.2) is 5.13 Å². The number of thioether (sulfide) groups is 1. The van der Waals surface area contributed by atoms with Crippen LogP contribution in [0.15, 0.2) is 89.1 Å². The number of benzene rings is 3. The van der Waals surface area contributed by atoms with Gasteiger partial charge in [-0.1, -0.05) is 54.1 Å². The van der Waals surface area contributed by atoms with Crippen molar-refractivity contribution in [3.8, 4) is 11.3 Å². The first kappa shape index (κ1) is 22.1. The van der Waals surface area contributed by atoms with E-state index in [4.69, 9.17) is 11.6 Å². The average molecular weight is 480 g/mol. The molecule has 1 aromatic heterocycles. The Morgan fingerprint density at radius 2 is 1.75 bits per heavy atom. The van der Waals surface area contributed by atoms with Gasteiger partial charge in [0.2, 0.25) is 5.91 Å². The molecule has 8 heteroatoms. The van der Waals surface area contributed by atoms with E-state index in [1.165, 1.54) is 23.1 Å². The number of hydrogen-bond donors (Lipinski definition) is 2. The fraction of sp³-hybridized carbons (Fsp3) is 0.0417. The minimum Gasteiger partial charge on any atom is -0.322 e. The van der Waals surface area contributed by atoms with E-state index >= 15 is 0 Å². The van der Waals surface area contributed by atoms with Crippen LogP contribution in [0.5, 0.6) is 0 Å². The van der Waals surface area contributed by atoms with Crippen LogP contribution in [-0.4, -0.2) is 22.6 Å².